The van der Waals surface area contributed by atoms with Crippen molar-refractivity contribution in [1.82, 2.24) is 20.4 Å². The topological polar surface area (TPSA) is 88.3 Å². The van der Waals surface area contributed by atoms with Gasteiger partial charge in [0.2, 0.25) is 11.7 Å². The summed E-state index contributed by atoms with van der Waals surface area (Å²) in [6.45, 7) is 5.78. The smallest absolute Gasteiger partial charge is 0.286 e. The molecule has 0 bridgehead atoms. The van der Waals surface area contributed by atoms with Crippen LogP contribution in [0.5, 0.6) is 0 Å². The fraction of sp³-hybridized carbons (Fsp3) is 0.565. The molecule has 1 aliphatic rings. The van der Waals surface area contributed by atoms with E-state index >= 15 is 0 Å². The van der Waals surface area contributed by atoms with Crippen LogP contribution in [0, 0.1) is 5.92 Å². The van der Waals surface area contributed by atoms with Crippen LogP contribution in [0.25, 0.3) is 0 Å². The third kappa shape index (κ3) is 6.64. The van der Waals surface area contributed by atoms with Crippen molar-refractivity contribution in [3.05, 3.63) is 41.8 Å². The summed E-state index contributed by atoms with van der Waals surface area (Å²) in [5.74, 6) is -0.213. The van der Waals surface area contributed by atoms with E-state index in [9.17, 15) is 9.59 Å². The summed E-state index contributed by atoms with van der Waals surface area (Å²) in [7, 11) is 0. The normalized spacial score (nSPS) is 18.1. The molecular weight excluding hydrogens is 412 g/mol. The van der Waals surface area contributed by atoms with Crippen LogP contribution in [-0.4, -0.2) is 58.2 Å². The Morgan fingerprint density at radius 3 is 2.68 bits per heavy atom. The first-order valence-electron chi connectivity index (χ1n) is 11.0. The second kappa shape index (κ2) is 11.4. The van der Waals surface area contributed by atoms with Gasteiger partial charge in [-0.25, -0.2) is 0 Å². The molecule has 1 fully saturated rings. The maximum Gasteiger partial charge on any atom is 0.286 e. The number of likely N-dealkylation sites (tertiary alicyclic amines) is 1. The number of carbonyl (C=O) groups is 2. The van der Waals surface area contributed by atoms with Crippen LogP contribution in [0.3, 0.4) is 0 Å². The fourth-order valence-electron chi connectivity index (χ4n) is 3.98. The predicted molar refractivity (Wildman–Crippen MR) is 121 cm³/mol. The van der Waals surface area contributed by atoms with E-state index in [1.807, 2.05) is 38.3 Å². The highest BCUT2D eigenvalue weighted by atomic mass is 32.2. The van der Waals surface area contributed by atoms with Gasteiger partial charge in [0, 0.05) is 6.54 Å². The number of ketones is 1. The van der Waals surface area contributed by atoms with Crippen molar-refractivity contribution in [3.8, 4) is 0 Å². The van der Waals surface area contributed by atoms with Crippen LogP contribution < -0.4 is 5.32 Å². The van der Waals surface area contributed by atoms with E-state index in [1.165, 1.54) is 17.3 Å². The van der Waals surface area contributed by atoms with Crippen molar-refractivity contribution < 1.29 is 14.0 Å². The maximum absolute atomic E-state index is 13.2. The van der Waals surface area contributed by atoms with Crippen LogP contribution >= 0.6 is 11.8 Å². The molecule has 1 amide bonds. The van der Waals surface area contributed by atoms with E-state index in [0.717, 1.165) is 38.8 Å². The Morgan fingerprint density at radius 2 is 2.00 bits per heavy atom. The van der Waals surface area contributed by atoms with Crippen LogP contribution in [-0.2, 0) is 11.2 Å². The van der Waals surface area contributed by atoms with Crippen molar-refractivity contribution in [1.29, 1.82) is 0 Å². The number of piperidine rings is 1. The van der Waals surface area contributed by atoms with E-state index < -0.39 is 6.04 Å². The zero-order chi connectivity index (χ0) is 22.2. The zero-order valence-electron chi connectivity index (χ0n) is 18.5. The summed E-state index contributed by atoms with van der Waals surface area (Å²) >= 11 is 1.29. The molecule has 0 aliphatic carbocycles. The average Bonchev–Trinajstić information content (AvgIpc) is 3.26. The molecule has 7 nitrogen and oxygen atoms in total. The molecule has 0 saturated carbocycles. The lowest BCUT2D eigenvalue weighted by Gasteiger charge is -2.35. The van der Waals surface area contributed by atoms with Gasteiger partial charge in [-0.3, -0.25) is 14.5 Å². The molecule has 168 valence electrons. The standard InChI is InChI=1S/C23H32N4O3S/c1-16(2)15-18(20(28)22-25-26-23(30-22)31-3)24-21(29)19-11-7-8-13-27(19)14-12-17-9-5-4-6-10-17/h4-6,9-10,16,18-19H,7-8,11-15H2,1-3H3,(H,24,29)/t18-,19-/m0/s1. The number of Topliss-reactive ketones (excluding diaryl/α,β-unsaturated/α-hetero) is 1. The Morgan fingerprint density at radius 1 is 1.23 bits per heavy atom. The van der Waals surface area contributed by atoms with Gasteiger partial charge < -0.3 is 9.73 Å². The molecule has 2 heterocycles. The lowest BCUT2D eigenvalue weighted by molar-refractivity contribution is -0.128. The number of carbonyl (C=O) groups excluding carboxylic acids is 2. The Labute approximate surface area is 188 Å². The molecule has 31 heavy (non-hydrogen) atoms. The lowest BCUT2D eigenvalue weighted by atomic mass is 9.97. The van der Waals surface area contributed by atoms with Crippen LogP contribution in [0.1, 0.15) is 55.8 Å². The van der Waals surface area contributed by atoms with Crippen molar-refractivity contribution in [3.63, 3.8) is 0 Å². The second-order valence-corrected chi connectivity index (χ2v) is 9.17. The molecule has 0 spiro atoms. The first kappa shape index (κ1) is 23.5. The molecule has 1 saturated heterocycles. The summed E-state index contributed by atoms with van der Waals surface area (Å²) in [5, 5.41) is 11.1. The molecule has 1 aromatic heterocycles. The summed E-state index contributed by atoms with van der Waals surface area (Å²) in [5.41, 5.74) is 1.26. The van der Waals surface area contributed by atoms with Gasteiger partial charge in [-0.15, -0.1) is 10.2 Å². The Balaban J connectivity index is 1.67. The van der Waals surface area contributed by atoms with E-state index in [0.29, 0.717) is 11.6 Å². The molecule has 2 atom stereocenters. The lowest BCUT2D eigenvalue weighted by Crippen LogP contribution is -2.54. The van der Waals surface area contributed by atoms with Gasteiger partial charge in [0.15, 0.2) is 0 Å². The number of thioether (sulfide) groups is 1. The number of hydrogen-bond acceptors (Lipinski definition) is 7. The number of nitrogens with zero attached hydrogens (tertiary/aromatic N) is 3. The minimum Gasteiger partial charge on any atom is -0.408 e. The Bertz CT molecular complexity index is 856. The predicted octanol–water partition coefficient (Wildman–Crippen LogP) is 3.60. The SMILES string of the molecule is CSc1nnc(C(=O)[C@H](CC(C)C)NC(=O)[C@@H]2CCCCN2CCc2ccccc2)o1. The minimum absolute atomic E-state index is 0.0418. The second-order valence-electron chi connectivity index (χ2n) is 8.42. The van der Waals surface area contributed by atoms with E-state index in [4.69, 9.17) is 4.42 Å². The van der Waals surface area contributed by atoms with Gasteiger partial charge in [-0.05, 0) is 50.0 Å². The molecular formula is C23H32N4O3S. The van der Waals surface area contributed by atoms with E-state index in [-0.39, 0.29) is 29.5 Å². The number of amides is 1. The van der Waals surface area contributed by atoms with Crippen LogP contribution in [0.15, 0.2) is 40.0 Å². The Hall–Kier alpha value is -2.19. The number of rotatable bonds is 10. The summed E-state index contributed by atoms with van der Waals surface area (Å²) in [6.07, 6.45) is 6.15. The van der Waals surface area contributed by atoms with Gasteiger partial charge in [0.05, 0.1) is 12.1 Å². The first-order chi connectivity index (χ1) is 15.0. The highest BCUT2D eigenvalue weighted by Gasteiger charge is 2.33. The van der Waals surface area contributed by atoms with E-state index in [2.05, 4.69) is 32.5 Å². The molecule has 3 rings (SSSR count). The monoisotopic (exact) mass is 444 g/mol. The summed E-state index contributed by atoms with van der Waals surface area (Å²) < 4.78 is 5.42. The van der Waals surface area contributed by atoms with Gasteiger partial charge in [-0.1, -0.05) is 62.4 Å². The van der Waals surface area contributed by atoms with Crippen molar-refractivity contribution in [2.24, 2.45) is 5.92 Å². The van der Waals surface area contributed by atoms with Gasteiger partial charge in [0.1, 0.15) is 0 Å². The van der Waals surface area contributed by atoms with Gasteiger partial charge in [0.25, 0.3) is 11.1 Å². The maximum atomic E-state index is 13.2. The van der Waals surface area contributed by atoms with Crippen LogP contribution in [0.4, 0.5) is 0 Å². The molecule has 1 aromatic carbocycles. The summed E-state index contributed by atoms with van der Waals surface area (Å²) in [6, 6.07) is 9.44. The van der Waals surface area contributed by atoms with Gasteiger partial charge in [-0.2, -0.15) is 0 Å². The molecule has 8 heteroatoms. The van der Waals surface area contributed by atoms with Crippen LogP contribution in [0.2, 0.25) is 0 Å². The minimum atomic E-state index is -0.666. The van der Waals surface area contributed by atoms with Gasteiger partial charge >= 0.3 is 0 Å². The number of benzene rings is 1. The molecule has 1 N–H and O–H groups in total. The van der Waals surface area contributed by atoms with E-state index in [1.54, 1.807) is 0 Å². The molecule has 0 radical (unpaired) electrons. The third-order valence-corrected chi connectivity index (χ3v) is 6.09. The molecule has 0 unspecified atom stereocenters. The number of nitrogens with one attached hydrogen (secondary N) is 1. The van der Waals surface area contributed by atoms with Crippen molar-refractivity contribution in [2.75, 3.05) is 19.3 Å². The number of hydrogen-bond donors (Lipinski definition) is 1. The molecule has 2 aromatic rings. The van der Waals surface area contributed by atoms with Crippen molar-refractivity contribution in [2.45, 2.75) is 63.3 Å². The number of aromatic nitrogens is 2. The largest absolute Gasteiger partial charge is 0.408 e. The highest BCUT2D eigenvalue weighted by molar-refractivity contribution is 7.98. The zero-order valence-corrected chi connectivity index (χ0v) is 19.4. The third-order valence-electron chi connectivity index (χ3n) is 5.58. The highest BCUT2D eigenvalue weighted by Crippen LogP contribution is 2.20. The summed E-state index contributed by atoms with van der Waals surface area (Å²) in [4.78, 5) is 28.5. The first-order valence-corrected chi connectivity index (χ1v) is 12.2. The fourth-order valence-corrected chi connectivity index (χ4v) is 4.27. The average molecular weight is 445 g/mol. The molecule has 1 aliphatic heterocycles. The Kier molecular flexibility index (Phi) is 8.66. The van der Waals surface area contributed by atoms with Crippen molar-refractivity contribution >= 4 is 23.5 Å². The quantitative estimate of drug-likeness (QED) is 0.442.